The van der Waals surface area contributed by atoms with Crippen LogP contribution < -0.4 is 0 Å². The van der Waals surface area contributed by atoms with Crippen molar-refractivity contribution < 1.29 is 4.43 Å². The van der Waals surface area contributed by atoms with E-state index in [1.165, 1.54) is 0 Å². The molecule has 1 heterocycles. The molecule has 0 aliphatic heterocycles. The molecule has 4 nitrogen and oxygen atoms in total. The van der Waals surface area contributed by atoms with E-state index in [0.717, 1.165) is 11.3 Å². The third-order valence-corrected chi connectivity index (χ3v) is 3.38. The van der Waals surface area contributed by atoms with Gasteiger partial charge in [-0.25, -0.2) is 0 Å². The van der Waals surface area contributed by atoms with Crippen LogP contribution in [0.3, 0.4) is 0 Å². The van der Waals surface area contributed by atoms with Gasteiger partial charge in [0.25, 0.3) is 0 Å². The van der Waals surface area contributed by atoms with Crippen LogP contribution in [-0.4, -0.2) is 18.1 Å². The third-order valence-electron chi connectivity index (χ3n) is 2.44. The zero-order valence-electron chi connectivity index (χ0n) is 12.4. The minimum Gasteiger partial charge on any atom is -0.399 e. The van der Waals surface area contributed by atoms with Gasteiger partial charge in [0.05, 0.1) is 11.8 Å². The SMILES string of the molecule is Cn1cc(C(C#N)O[Si](C)(C)C)c(C(C)(C)C)n1. The molecule has 1 aromatic heterocycles. The van der Waals surface area contributed by atoms with Crippen LogP contribution in [0.1, 0.15) is 38.1 Å². The van der Waals surface area contributed by atoms with E-state index in [2.05, 4.69) is 51.6 Å². The Balaban J connectivity index is 3.19. The van der Waals surface area contributed by atoms with Crippen LogP contribution >= 0.6 is 0 Å². The van der Waals surface area contributed by atoms with Gasteiger partial charge in [-0.1, -0.05) is 20.8 Å². The van der Waals surface area contributed by atoms with Crippen molar-refractivity contribution in [2.45, 2.75) is 51.9 Å². The number of nitriles is 1. The van der Waals surface area contributed by atoms with Gasteiger partial charge in [0.1, 0.15) is 0 Å². The van der Waals surface area contributed by atoms with Crippen LogP contribution in [0.15, 0.2) is 6.20 Å². The van der Waals surface area contributed by atoms with Crippen LogP contribution in [-0.2, 0) is 16.9 Å². The molecule has 0 aliphatic carbocycles. The zero-order valence-corrected chi connectivity index (χ0v) is 13.4. The molecule has 0 N–H and O–H groups in total. The highest BCUT2D eigenvalue weighted by Gasteiger charge is 2.30. The molecule has 18 heavy (non-hydrogen) atoms. The van der Waals surface area contributed by atoms with Gasteiger partial charge in [-0.05, 0) is 19.6 Å². The van der Waals surface area contributed by atoms with Gasteiger partial charge in [0.2, 0.25) is 0 Å². The molecule has 0 saturated heterocycles. The van der Waals surface area contributed by atoms with Crippen molar-refractivity contribution in [3.8, 4) is 6.07 Å². The normalized spacial score (nSPS) is 14.3. The fraction of sp³-hybridized carbons (Fsp3) is 0.692. The molecule has 5 heteroatoms. The summed E-state index contributed by atoms with van der Waals surface area (Å²) in [4.78, 5) is 0. The summed E-state index contributed by atoms with van der Waals surface area (Å²) >= 11 is 0. The van der Waals surface area contributed by atoms with Crippen LogP contribution in [0.25, 0.3) is 0 Å². The van der Waals surface area contributed by atoms with Gasteiger partial charge in [0.15, 0.2) is 14.4 Å². The molecular weight excluding hydrogens is 242 g/mol. The smallest absolute Gasteiger partial charge is 0.186 e. The molecular formula is C13H23N3OSi. The summed E-state index contributed by atoms with van der Waals surface area (Å²) in [7, 11) is 0.120. The van der Waals surface area contributed by atoms with Crippen molar-refractivity contribution in [2.24, 2.45) is 7.05 Å². The topological polar surface area (TPSA) is 50.8 Å². The van der Waals surface area contributed by atoms with Crippen LogP contribution in [0.4, 0.5) is 0 Å². The first-order chi connectivity index (χ1) is 8.04. The Labute approximate surface area is 111 Å². The molecule has 0 bridgehead atoms. The van der Waals surface area contributed by atoms with Crippen molar-refractivity contribution in [3.05, 3.63) is 17.5 Å². The first-order valence-corrected chi connectivity index (χ1v) is 9.57. The van der Waals surface area contributed by atoms with Crippen LogP contribution in [0.5, 0.6) is 0 Å². The Bertz CT molecular complexity index is 460. The fourth-order valence-electron chi connectivity index (χ4n) is 1.79. The number of aryl methyl sites for hydroxylation is 1. The monoisotopic (exact) mass is 265 g/mol. The minimum absolute atomic E-state index is 0.0888. The van der Waals surface area contributed by atoms with E-state index in [1.54, 1.807) is 4.68 Å². The Morgan fingerprint density at radius 2 is 1.94 bits per heavy atom. The van der Waals surface area contributed by atoms with E-state index >= 15 is 0 Å². The maximum Gasteiger partial charge on any atom is 0.186 e. The Morgan fingerprint density at radius 3 is 2.33 bits per heavy atom. The average molecular weight is 265 g/mol. The van der Waals surface area contributed by atoms with Gasteiger partial charge in [0, 0.05) is 24.2 Å². The first kappa shape index (κ1) is 14.9. The summed E-state index contributed by atoms with van der Waals surface area (Å²) in [5.74, 6) is 0. The first-order valence-electron chi connectivity index (χ1n) is 6.16. The van der Waals surface area contributed by atoms with Gasteiger partial charge in [-0.15, -0.1) is 0 Å². The molecule has 1 unspecified atom stereocenters. The molecule has 0 radical (unpaired) electrons. The average Bonchev–Trinajstić information content (AvgIpc) is 2.54. The second kappa shape index (κ2) is 4.86. The Morgan fingerprint density at radius 1 is 1.39 bits per heavy atom. The van der Waals surface area contributed by atoms with E-state index in [1.807, 2.05) is 13.2 Å². The van der Waals surface area contributed by atoms with Crippen molar-refractivity contribution >= 4 is 8.32 Å². The van der Waals surface area contributed by atoms with E-state index in [4.69, 9.17) is 4.43 Å². The van der Waals surface area contributed by atoms with Crippen molar-refractivity contribution in [1.82, 2.24) is 9.78 Å². The molecule has 0 amide bonds. The van der Waals surface area contributed by atoms with E-state index in [0.29, 0.717) is 0 Å². The molecule has 100 valence electrons. The molecule has 0 fully saturated rings. The lowest BCUT2D eigenvalue weighted by Crippen LogP contribution is -2.28. The quantitative estimate of drug-likeness (QED) is 0.789. The number of hydrogen-bond acceptors (Lipinski definition) is 3. The molecule has 0 spiro atoms. The largest absolute Gasteiger partial charge is 0.399 e. The summed E-state index contributed by atoms with van der Waals surface area (Å²) in [5, 5.41) is 13.8. The molecule has 1 rings (SSSR count). The van der Waals surface area contributed by atoms with Crippen molar-refractivity contribution in [2.75, 3.05) is 0 Å². The second-order valence-corrected chi connectivity index (χ2v) is 11.1. The Kier molecular flexibility index (Phi) is 4.04. The summed E-state index contributed by atoms with van der Waals surface area (Å²) in [6.07, 6.45) is 1.38. The number of hydrogen-bond donors (Lipinski definition) is 0. The standard InChI is InChI=1S/C13H23N3OSi/c1-13(2,3)12-10(9-16(4)15-12)11(8-14)17-18(5,6)7/h9,11H,1-7H3. The van der Waals surface area contributed by atoms with E-state index in [-0.39, 0.29) is 5.41 Å². The summed E-state index contributed by atoms with van der Waals surface area (Å²) in [6, 6.07) is 2.26. The molecule has 1 aromatic rings. The second-order valence-electron chi connectivity index (χ2n) is 6.60. The van der Waals surface area contributed by atoms with Crippen molar-refractivity contribution in [3.63, 3.8) is 0 Å². The van der Waals surface area contributed by atoms with Gasteiger partial charge in [-0.3, -0.25) is 4.68 Å². The van der Waals surface area contributed by atoms with Gasteiger partial charge in [-0.2, -0.15) is 10.4 Å². The fourth-order valence-corrected chi connectivity index (χ4v) is 2.68. The molecule has 0 aliphatic rings. The van der Waals surface area contributed by atoms with Crippen molar-refractivity contribution in [1.29, 1.82) is 5.26 Å². The number of aromatic nitrogens is 2. The van der Waals surface area contributed by atoms with E-state index in [9.17, 15) is 5.26 Å². The highest BCUT2D eigenvalue weighted by Crippen LogP contribution is 2.31. The maximum absolute atomic E-state index is 9.35. The number of rotatable bonds is 3. The zero-order chi connectivity index (χ0) is 14.1. The van der Waals surface area contributed by atoms with E-state index < -0.39 is 14.4 Å². The van der Waals surface area contributed by atoms with Crippen LogP contribution in [0.2, 0.25) is 19.6 Å². The lowest BCUT2D eigenvalue weighted by Gasteiger charge is -2.24. The highest BCUT2D eigenvalue weighted by molar-refractivity contribution is 6.69. The van der Waals surface area contributed by atoms with Gasteiger partial charge >= 0.3 is 0 Å². The van der Waals surface area contributed by atoms with Crippen LogP contribution in [0, 0.1) is 11.3 Å². The predicted molar refractivity (Wildman–Crippen MR) is 74.7 cm³/mol. The molecule has 1 atom stereocenters. The predicted octanol–water partition coefficient (Wildman–Crippen LogP) is 3.13. The summed E-state index contributed by atoms with van der Waals surface area (Å²) in [6.45, 7) is 12.6. The lowest BCUT2D eigenvalue weighted by atomic mass is 9.88. The summed E-state index contributed by atoms with van der Waals surface area (Å²) in [5.41, 5.74) is 1.75. The minimum atomic E-state index is -1.76. The third kappa shape index (κ3) is 3.69. The number of nitrogens with zero attached hydrogens (tertiary/aromatic N) is 3. The maximum atomic E-state index is 9.35. The molecule has 0 aromatic carbocycles. The molecule has 0 saturated carbocycles. The Hall–Kier alpha value is -1.12. The lowest BCUT2D eigenvalue weighted by molar-refractivity contribution is 0.252. The summed E-state index contributed by atoms with van der Waals surface area (Å²) < 4.78 is 7.70. The highest BCUT2D eigenvalue weighted by atomic mass is 28.4. The van der Waals surface area contributed by atoms with Gasteiger partial charge < -0.3 is 4.43 Å².